The SMILES string of the molecule is COC(Cc1ccccc1)(OC)C(=O)S. The maximum Gasteiger partial charge on any atom is 0.245 e. The summed E-state index contributed by atoms with van der Waals surface area (Å²) in [7, 11) is 2.86. The minimum atomic E-state index is -1.29. The van der Waals surface area contributed by atoms with E-state index in [0.29, 0.717) is 6.42 Å². The number of ether oxygens (including phenoxy) is 2. The zero-order valence-electron chi connectivity index (χ0n) is 8.77. The molecule has 15 heavy (non-hydrogen) atoms. The van der Waals surface area contributed by atoms with Gasteiger partial charge in [0.25, 0.3) is 0 Å². The van der Waals surface area contributed by atoms with Gasteiger partial charge in [-0.1, -0.05) is 43.0 Å². The molecule has 0 N–H and O–H groups in total. The minimum absolute atomic E-state index is 0.350. The normalized spacial score (nSPS) is 11.4. The van der Waals surface area contributed by atoms with Gasteiger partial charge in [0.15, 0.2) is 0 Å². The van der Waals surface area contributed by atoms with E-state index < -0.39 is 10.9 Å². The summed E-state index contributed by atoms with van der Waals surface area (Å²) < 4.78 is 10.2. The molecule has 1 rings (SSSR count). The molecule has 0 fully saturated rings. The molecule has 0 saturated carbocycles. The van der Waals surface area contributed by atoms with Crippen LogP contribution >= 0.6 is 12.6 Å². The van der Waals surface area contributed by atoms with Crippen molar-refractivity contribution in [1.29, 1.82) is 0 Å². The Labute approximate surface area is 94.8 Å². The fourth-order valence-electron chi connectivity index (χ4n) is 1.34. The van der Waals surface area contributed by atoms with Crippen LogP contribution in [0.2, 0.25) is 0 Å². The number of carbonyl (C=O) groups excluding carboxylic acids is 1. The van der Waals surface area contributed by atoms with Crippen molar-refractivity contribution in [2.75, 3.05) is 14.2 Å². The van der Waals surface area contributed by atoms with Crippen molar-refractivity contribution in [1.82, 2.24) is 0 Å². The summed E-state index contributed by atoms with van der Waals surface area (Å²) >= 11 is 3.78. The summed E-state index contributed by atoms with van der Waals surface area (Å²) in [5.74, 6) is -1.29. The van der Waals surface area contributed by atoms with E-state index in [1.54, 1.807) is 0 Å². The second kappa shape index (κ2) is 5.30. The first-order chi connectivity index (χ1) is 7.14. The maximum absolute atomic E-state index is 11.3. The third-order valence-corrected chi connectivity index (χ3v) is 2.61. The highest BCUT2D eigenvalue weighted by Gasteiger charge is 2.36. The van der Waals surface area contributed by atoms with E-state index in [0.717, 1.165) is 5.56 Å². The molecule has 0 aromatic heterocycles. The van der Waals surface area contributed by atoms with Crippen molar-refractivity contribution in [2.45, 2.75) is 12.2 Å². The Morgan fingerprint density at radius 1 is 1.27 bits per heavy atom. The number of methoxy groups -OCH3 is 2. The number of hydrogen-bond donors (Lipinski definition) is 1. The molecule has 4 heteroatoms. The van der Waals surface area contributed by atoms with Gasteiger partial charge >= 0.3 is 0 Å². The standard InChI is InChI=1S/C11H14O3S/c1-13-11(14-2,10(12)15)8-9-6-4-3-5-7-9/h3-7H,8H2,1-2H3,(H,12,15). The van der Waals surface area contributed by atoms with Gasteiger partial charge in [0, 0.05) is 20.6 Å². The molecule has 0 saturated heterocycles. The molecule has 3 nitrogen and oxygen atoms in total. The van der Waals surface area contributed by atoms with E-state index in [1.165, 1.54) is 14.2 Å². The first kappa shape index (κ1) is 12.2. The number of thiol groups is 1. The van der Waals surface area contributed by atoms with Crippen molar-refractivity contribution >= 4 is 17.7 Å². The summed E-state index contributed by atoms with van der Waals surface area (Å²) in [5, 5.41) is -0.434. The second-order valence-electron chi connectivity index (χ2n) is 3.13. The summed E-state index contributed by atoms with van der Waals surface area (Å²) in [6, 6.07) is 9.52. The molecule has 0 amide bonds. The Kier molecular flexibility index (Phi) is 4.32. The lowest BCUT2D eigenvalue weighted by Gasteiger charge is -2.27. The van der Waals surface area contributed by atoms with E-state index in [-0.39, 0.29) is 0 Å². The van der Waals surface area contributed by atoms with Crippen LogP contribution in [0.15, 0.2) is 30.3 Å². The van der Waals surface area contributed by atoms with E-state index in [1.807, 2.05) is 30.3 Å². The molecule has 1 aromatic carbocycles. The zero-order chi connectivity index (χ0) is 11.3. The lowest BCUT2D eigenvalue weighted by atomic mass is 10.1. The molecule has 0 aliphatic heterocycles. The van der Waals surface area contributed by atoms with Gasteiger partial charge in [0.2, 0.25) is 10.9 Å². The predicted octanol–water partition coefficient (Wildman–Crippen LogP) is 1.67. The summed E-state index contributed by atoms with van der Waals surface area (Å²) in [4.78, 5) is 11.3. The molecule has 1 aromatic rings. The molecule has 0 bridgehead atoms. The number of hydrogen-bond acceptors (Lipinski definition) is 3. The Balaban J connectivity index is 2.89. The van der Waals surface area contributed by atoms with E-state index in [4.69, 9.17) is 9.47 Å². The van der Waals surface area contributed by atoms with Crippen molar-refractivity contribution in [3.05, 3.63) is 35.9 Å². The first-order valence-corrected chi connectivity index (χ1v) is 4.97. The van der Waals surface area contributed by atoms with Crippen molar-refractivity contribution < 1.29 is 14.3 Å². The molecule has 82 valence electrons. The molecule has 0 heterocycles. The average molecular weight is 226 g/mol. The smallest absolute Gasteiger partial charge is 0.245 e. The average Bonchev–Trinajstić information content (AvgIpc) is 2.27. The van der Waals surface area contributed by atoms with E-state index >= 15 is 0 Å². The van der Waals surface area contributed by atoms with Crippen LogP contribution in [0.4, 0.5) is 0 Å². The van der Waals surface area contributed by atoms with Gasteiger partial charge in [-0.3, -0.25) is 4.79 Å². The first-order valence-electron chi connectivity index (χ1n) is 4.52. The van der Waals surface area contributed by atoms with Crippen LogP contribution in [-0.2, 0) is 20.7 Å². The zero-order valence-corrected chi connectivity index (χ0v) is 9.66. The van der Waals surface area contributed by atoms with Crippen LogP contribution in [0, 0.1) is 0 Å². The second-order valence-corrected chi connectivity index (χ2v) is 3.53. The Hall–Kier alpha value is -0.840. The molecule has 0 radical (unpaired) electrons. The lowest BCUT2D eigenvalue weighted by Crippen LogP contribution is -2.42. The fourth-order valence-corrected chi connectivity index (χ4v) is 1.60. The largest absolute Gasteiger partial charge is 0.346 e. The minimum Gasteiger partial charge on any atom is -0.346 e. The molecule has 0 spiro atoms. The summed E-state index contributed by atoms with van der Waals surface area (Å²) in [6.45, 7) is 0. The molecule has 0 unspecified atom stereocenters. The molecular weight excluding hydrogens is 212 g/mol. The van der Waals surface area contributed by atoms with Crippen LogP contribution in [0.3, 0.4) is 0 Å². The van der Waals surface area contributed by atoms with Crippen molar-refractivity contribution in [3.63, 3.8) is 0 Å². The van der Waals surface area contributed by atoms with E-state index in [9.17, 15) is 4.79 Å². The van der Waals surface area contributed by atoms with Gasteiger partial charge < -0.3 is 9.47 Å². The van der Waals surface area contributed by atoms with Gasteiger partial charge in [-0.05, 0) is 5.56 Å². The topological polar surface area (TPSA) is 35.5 Å². The molecule has 0 aliphatic carbocycles. The summed E-state index contributed by atoms with van der Waals surface area (Å²) in [6.07, 6.45) is 0.350. The highest BCUT2D eigenvalue weighted by atomic mass is 32.1. The Morgan fingerprint density at radius 2 is 1.80 bits per heavy atom. The number of rotatable bonds is 5. The van der Waals surface area contributed by atoms with Gasteiger partial charge in [-0.25, -0.2) is 0 Å². The van der Waals surface area contributed by atoms with Crippen LogP contribution < -0.4 is 0 Å². The van der Waals surface area contributed by atoms with Crippen molar-refractivity contribution in [3.8, 4) is 0 Å². The monoisotopic (exact) mass is 226 g/mol. The Morgan fingerprint density at radius 3 is 2.20 bits per heavy atom. The highest BCUT2D eigenvalue weighted by Crippen LogP contribution is 2.21. The Bertz CT molecular complexity index is 320. The number of benzene rings is 1. The third-order valence-electron chi connectivity index (χ3n) is 2.26. The van der Waals surface area contributed by atoms with Crippen LogP contribution in [0.5, 0.6) is 0 Å². The van der Waals surface area contributed by atoms with Gasteiger partial charge in [-0.2, -0.15) is 0 Å². The maximum atomic E-state index is 11.3. The molecule has 0 aliphatic rings. The van der Waals surface area contributed by atoms with E-state index in [2.05, 4.69) is 12.6 Å². The van der Waals surface area contributed by atoms with Crippen LogP contribution in [0.1, 0.15) is 5.56 Å². The molecule has 0 atom stereocenters. The van der Waals surface area contributed by atoms with Gasteiger partial charge in [0.1, 0.15) is 0 Å². The third kappa shape index (κ3) is 2.81. The van der Waals surface area contributed by atoms with Crippen LogP contribution in [0.25, 0.3) is 0 Å². The lowest BCUT2D eigenvalue weighted by molar-refractivity contribution is -0.198. The fraction of sp³-hybridized carbons (Fsp3) is 0.364. The molecular formula is C11H14O3S. The highest BCUT2D eigenvalue weighted by molar-refractivity contribution is 7.96. The van der Waals surface area contributed by atoms with Gasteiger partial charge in [0.05, 0.1) is 0 Å². The van der Waals surface area contributed by atoms with Crippen LogP contribution in [-0.4, -0.2) is 25.1 Å². The van der Waals surface area contributed by atoms with Gasteiger partial charge in [-0.15, -0.1) is 0 Å². The predicted molar refractivity (Wildman–Crippen MR) is 60.9 cm³/mol. The number of carbonyl (C=O) groups is 1. The quantitative estimate of drug-likeness (QED) is 0.613. The summed E-state index contributed by atoms with van der Waals surface area (Å²) in [5.41, 5.74) is 0.962. The van der Waals surface area contributed by atoms with Crippen molar-refractivity contribution in [2.24, 2.45) is 0 Å².